The summed E-state index contributed by atoms with van der Waals surface area (Å²) in [6.07, 6.45) is 3.87. The molecular weight excluding hydrogens is 318 g/mol. The fraction of sp³-hybridized carbons (Fsp3) is 0.250. The molecule has 0 atom stereocenters. The number of halogens is 1. The number of hydrogen-bond donors (Lipinski definition) is 1. The number of ether oxygens (including phenoxy) is 2. The molecule has 1 rings (SSSR count). The smallest absolute Gasteiger partial charge is 0.126 e. The lowest BCUT2D eigenvalue weighted by Gasteiger charge is -2.09. The van der Waals surface area contributed by atoms with Crippen LogP contribution in [0.5, 0.6) is 5.75 Å². The quantitative estimate of drug-likeness (QED) is 0.606. The van der Waals surface area contributed by atoms with E-state index in [0.29, 0.717) is 18.9 Å². The van der Waals surface area contributed by atoms with Crippen LogP contribution < -0.4 is 10.5 Å². The SMILES string of the molecule is C=C(OCc1ccc(OC)cc1)/C(Br)=C\C(=C/C)CN. The van der Waals surface area contributed by atoms with Crippen molar-refractivity contribution in [2.24, 2.45) is 5.73 Å². The summed E-state index contributed by atoms with van der Waals surface area (Å²) < 4.78 is 11.5. The van der Waals surface area contributed by atoms with Crippen molar-refractivity contribution in [3.8, 4) is 5.75 Å². The van der Waals surface area contributed by atoms with E-state index < -0.39 is 0 Å². The molecule has 3 nitrogen and oxygen atoms in total. The Hall–Kier alpha value is -1.52. The van der Waals surface area contributed by atoms with Crippen molar-refractivity contribution in [3.05, 3.63) is 64.4 Å². The van der Waals surface area contributed by atoms with Crippen LogP contribution >= 0.6 is 15.9 Å². The number of nitrogens with two attached hydrogens (primary N) is 1. The predicted molar refractivity (Wildman–Crippen MR) is 86.7 cm³/mol. The summed E-state index contributed by atoms with van der Waals surface area (Å²) in [4.78, 5) is 0. The predicted octanol–water partition coefficient (Wildman–Crippen LogP) is 3.91. The van der Waals surface area contributed by atoms with Gasteiger partial charge < -0.3 is 15.2 Å². The average Bonchev–Trinajstić information content (AvgIpc) is 2.50. The summed E-state index contributed by atoms with van der Waals surface area (Å²) in [7, 11) is 1.64. The van der Waals surface area contributed by atoms with Crippen LogP contribution in [0.2, 0.25) is 0 Å². The van der Waals surface area contributed by atoms with Crippen molar-refractivity contribution in [3.63, 3.8) is 0 Å². The molecule has 0 radical (unpaired) electrons. The number of methoxy groups -OCH3 is 1. The van der Waals surface area contributed by atoms with Crippen molar-refractivity contribution in [2.45, 2.75) is 13.5 Å². The van der Waals surface area contributed by atoms with Gasteiger partial charge in [0, 0.05) is 6.54 Å². The first kappa shape index (κ1) is 16.5. The molecule has 1 aromatic carbocycles. The molecule has 2 N–H and O–H groups in total. The lowest BCUT2D eigenvalue weighted by atomic mass is 10.2. The highest BCUT2D eigenvalue weighted by Crippen LogP contribution is 2.21. The number of allylic oxidation sites excluding steroid dienone is 2. The standard InChI is InChI=1S/C16H20BrNO2/c1-4-13(10-18)9-16(17)12(2)20-11-14-5-7-15(19-3)8-6-14/h4-9H,2,10-11,18H2,1,3H3/b13-4+,16-9+. The third-order valence-corrected chi connectivity index (χ3v) is 3.43. The molecule has 20 heavy (non-hydrogen) atoms. The molecule has 0 spiro atoms. The summed E-state index contributed by atoms with van der Waals surface area (Å²) in [5.74, 6) is 1.41. The van der Waals surface area contributed by atoms with E-state index >= 15 is 0 Å². The van der Waals surface area contributed by atoms with Gasteiger partial charge in [0.25, 0.3) is 0 Å². The number of hydrogen-bond acceptors (Lipinski definition) is 3. The van der Waals surface area contributed by atoms with Gasteiger partial charge in [0.1, 0.15) is 18.1 Å². The fourth-order valence-electron chi connectivity index (χ4n) is 1.46. The minimum atomic E-state index is 0.458. The highest BCUT2D eigenvalue weighted by molar-refractivity contribution is 9.11. The van der Waals surface area contributed by atoms with Crippen LogP contribution in [0.1, 0.15) is 12.5 Å². The largest absolute Gasteiger partial charge is 0.497 e. The minimum absolute atomic E-state index is 0.458. The Balaban J connectivity index is 2.58. The van der Waals surface area contributed by atoms with Gasteiger partial charge in [-0.25, -0.2) is 0 Å². The molecule has 0 saturated heterocycles. The molecule has 0 heterocycles. The Labute approximate surface area is 128 Å². The topological polar surface area (TPSA) is 44.5 Å². The number of rotatable bonds is 7. The molecule has 1 aromatic rings. The summed E-state index contributed by atoms with van der Waals surface area (Å²) in [5.41, 5.74) is 7.68. The van der Waals surface area contributed by atoms with Crippen LogP contribution in [0.4, 0.5) is 0 Å². The van der Waals surface area contributed by atoms with Gasteiger partial charge in [-0.15, -0.1) is 0 Å². The van der Waals surface area contributed by atoms with Crippen LogP contribution in [0.15, 0.2) is 58.8 Å². The van der Waals surface area contributed by atoms with E-state index in [1.165, 1.54) is 0 Å². The molecule has 4 heteroatoms. The van der Waals surface area contributed by atoms with Crippen LogP contribution in [0.3, 0.4) is 0 Å². The van der Waals surface area contributed by atoms with E-state index in [1.54, 1.807) is 7.11 Å². The van der Waals surface area contributed by atoms with Crippen LogP contribution in [0.25, 0.3) is 0 Å². The molecular formula is C16H20BrNO2. The molecule has 0 aliphatic carbocycles. The highest BCUT2D eigenvalue weighted by atomic mass is 79.9. The Kier molecular flexibility index (Phi) is 7.12. The van der Waals surface area contributed by atoms with Gasteiger partial charge in [-0.2, -0.15) is 0 Å². The second-order valence-electron chi connectivity index (χ2n) is 4.12. The van der Waals surface area contributed by atoms with Crippen molar-refractivity contribution in [2.75, 3.05) is 13.7 Å². The highest BCUT2D eigenvalue weighted by Gasteiger charge is 2.02. The van der Waals surface area contributed by atoms with Crippen LogP contribution in [0, 0.1) is 0 Å². The summed E-state index contributed by atoms with van der Waals surface area (Å²) in [5, 5.41) is 0. The third-order valence-electron chi connectivity index (χ3n) is 2.76. The Bertz CT molecular complexity index is 504. The van der Waals surface area contributed by atoms with Crippen molar-refractivity contribution in [1.82, 2.24) is 0 Å². The number of benzene rings is 1. The maximum absolute atomic E-state index is 5.63. The molecule has 0 amide bonds. The summed E-state index contributed by atoms with van der Waals surface area (Å²) in [6.45, 7) is 6.78. The molecule has 0 unspecified atom stereocenters. The van der Waals surface area contributed by atoms with E-state index in [2.05, 4.69) is 22.5 Å². The monoisotopic (exact) mass is 337 g/mol. The zero-order valence-corrected chi connectivity index (χ0v) is 13.4. The van der Waals surface area contributed by atoms with Crippen molar-refractivity contribution in [1.29, 1.82) is 0 Å². The van der Waals surface area contributed by atoms with Crippen LogP contribution in [-0.2, 0) is 11.3 Å². The van der Waals surface area contributed by atoms with E-state index in [-0.39, 0.29) is 0 Å². The van der Waals surface area contributed by atoms with E-state index in [0.717, 1.165) is 21.4 Å². The van der Waals surface area contributed by atoms with E-state index in [9.17, 15) is 0 Å². The lowest BCUT2D eigenvalue weighted by Crippen LogP contribution is -2.01. The molecule has 0 aliphatic heterocycles. The summed E-state index contributed by atoms with van der Waals surface area (Å²) in [6, 6.07) is 7.72. The first-order chi connectivity index (χ1) is 9.60. The first-order valence-electron chi connectivity index (χ1n) is 6.28. The minimum Gasteiger partial charge on any atom is -0.497 e. The molecule has 0 saturated carbocycles. The van der Waals surface area contributed by atoms with Gasteiger partial charge >= 0.3 is 0 Å². The van der Waals surface area contributed by atoms with Crippen molar-refractivity contribution < 1.29 is 9.47 Å². The second-order valence-corrected chi connectivity index (χ2v) is 4.97. The molecule has 0 bridgehead atoms. The third kappa shape index (κ3) is 5.23. The van der Waals surface area contributed by atoms with Gasteiger partial charge in [0.2, 0.25) is 0 Å². The van der Waals surface area contributed by atoms with Gasteiger partial charge in [0.15, 0.2) is 0 Å². The van der Waals surface area contributed by atoms with Gasteiger partial charge in [0.05, 0.1) is 11.6 Å². The molecule has 0 aliphatic rings. The average molecular weight is 338 g/mol. The first-order valence-corrected chi connectivity index (χ1v) is 7.07. The maximum Gasteiger partial charge on any atom is 0.126 e. The Morgan fingerprint density at radius 3 is 2.50 bits per heavy atom. The molecule has 0 aromatic heterocycles. The van der Waals surface area contributed by atoms with Gasteiger partial charge in [-0.05, 0) is 52.2 Å². The normalized spacial score (nSPS) is 12.2. The second kappa shape index (κ2) is 8.61. The molecule has 108 valence electrons. The van der Waals surface area contributed by atoms with Gasteiger partial charge in [-0.3, -0.25) is 0 Å². The fourth-order valence-corrected chi connectivity index (χ4v) is 1.87. The van der Waals surface area contributed by atoms with Gasteiger partial charge in [-0.1, -0.05) is 24.8 Å². The van der Waals surface area contributed by atoms with Crippen LogP contribution in [-0.4, -0.2) is 13.7 Å². The zero-order valence-electron chi connectivity index (χ0n) is 11.9. The zero-order chi connectivity index (χ0) is 15.0. The maximum atomic E-state index is 5.63. The van der Waals surface area contributed by atoms with Crippen molar-refractivity contribution >= 4 is 15.9 Å². The Morgan fingerprint density at radius 2 is 2.00 bits per heavy atom. The lowest BCUT2D eigenvalue weighted by molar-refractivity contribution is 0.211. The van der Waals surface area contributed by atoms with E-state index in [1.807, 2.05) is 43.3 Å². The van der Waals surface area contributed by atoms with E-state index in [4.69, 9.17) is 15.2 Å². The molecule has 0 fully saturated rings. The Morgan fingerprint density at radius 1 is 1.35 bits per heavy atom. The summed E-state index contributed by atoms with van der Waals surface area (Å²) >= 11 is 3.44.